The molecule has 98 valence electrons. The zero-order chi connectivity index (χ0) is 13.9. The van der Waals surface area contributed by atoms with Crippen molar-refractivity contribution in [2.45, 2.75) is 24.3 Å². The summed E-state index contributed by atoms with van der Waals surface area (Å²) in [4.78, 5) is 10.6. The standard InChI is InChI=1S/C10H12N2O4S2/c1-7(3-4-11)12(2)18(15,16)8-5-9(10(13)14)17-6-8/h5-7H,3H2,1-2H3,(H,13,14). The number of thiophene rings is 1. The van der Waals surface area contributed by atoms with Crippen LogP contribution >= 0.6 is 11.3 Å². The predicted octanol–water partition coefficient (Wildman–Crippen LogP) is 1.37. The predicted molar refractivity (Wildman–Crippen MR) is 65.9 cm³/mol. The second-order valence-corrected chi connectivity index (χ2v) is 6.59. The van der Waals surface area contributed by atoms with E-state index in [-0.39, 0.29) is 16.2 Å². The van der Waals surface area contributed by atoms with E-state index in [2.05, 4.69) is 0 Å². The summed E-state index contributed by atoms with van der Waals surface area (Å²) in [5, 5.41) is 18.6. The van der Waals surface area contributed by atoms with E-state index in [1.54, 1.807) is 6.92 Å². The van der Waals surface area contributed by atoms with Crippen LogP contribution in [0.15, 0.2) is 16.3 Å². The van der Waals surface area contributed by atoms with E-state index in [0.29, 0.717) is 0 Å². The van der Waals surface area contributed by atoms with Crippen LogP contribution in [0.3, 0.4) is 0 Å². The van der Waals surface area contributed by atoms with Crippen LogP contribution in [0.25, 0.3) is 0 Å². The second-order valence-electron chi connectivity index (χ2n) is 3.68. The van der Waals surface area contributed by atoms with Crippen LogP contribution in [0.5, 0.6) is 0 Å². The minimum atomic E-state index is -3.74. The first-order chi connectivity index (χ1) is 8.30. The Morgan fingerprint density at radius 2 is 2.28 bits per heavy atom. The largest absolute Gasteiger partial charge is 0.477 e. The molecular formula is C10H12N2O4S2. The fourth-order valence-corrected chi connectivity index (χ4v) is 3.69. The number of hydrogen-bond donors (Lipinski definition) is 1. The zero-order valence-corrected chi connectivity index (χ0v) is 11.5. The number of carboxylic acid groups (broad SMARTS) is 1. The Labute approximate surface area is 109 Å². The lowest BCUT2D eigenvalue weighted by molar-refractivity contribution is 0.0702. The lowest BCUT2D eigenvalue weighted by atomic mass is 10.3. The number of rotatable bonds is 5. The Morgan fingerprint density at radius 1 is 1.67 bits per heavy atom. The summed E-state index contributed by atoms with van der Waals surface area (Å²) < 4.78 is 25.3. The molecule has 8 heteroatoms. The second kappa shape index (κ2) is 5.48. The molecule has 0 aliphatic rings. The minimum Gasteiger partial charge on any atom is -0.477 e. The van der Waals surface area contributed by atoms with Gasteiger partial charge in [0.15, 0.2) is 0 Å². The first kappa shape index (κ1) is 14.6. The Hall–Kier alpha value is -1.43. The lowest BCUT2D eigenvalue weighted by Gasteiger charge is -2.21. The van der Waals surface area contributed by atoms with Crippen LogP contribution < -0.4 is 0 Å². The number of hydrogen-bond acceptors (Lipinski definition) is 5. The fourth-order valence-electron chi connectivity index (χ4n) is 1.23. The molecule has 18 heavy (non-hydrogen) atoms. The Morgan fingerprint density at radius 3 is 2.72 bits per heavy atom. The highest BCUT2D eigenvalue weighted by Crippen LogP contribution is 2.23. The van der Waals surface area contributed by atoms with Gasteiger partial charge in [0.05, 0.1) is 17.4 Å². The Bertz CT molecular complexity index is 585. The lowest BCUT2D eigenvalue weighted by Crippen LogP contribution is -2.34. The fraction of sp³-hybridized carbons (Fsp3) is 0.400. The molecule has 1 aromatic heterocycles. The van der Waals surface area contributed by atoms with Gasteiger partial charge in [-0.05, 0) is 13.0 Å². The van der Waals surface area contributed by atoms with Gasteiger partial charge in [-0.3, -0.25) is 0 Å². The van der Waals surface area contributed by atoms with Crippen LogP contribution in [0, 0.1) is 11.3 Å². The smallest absolute Gasteiger partial charge is 0.345 e. The summed E-state index contributed by atoms with van der Waals surface area (Å²) in [5.74, 6) is -1.16. The molecule has 1 rings (SSSR count). The molecule has 0 aliphatic heterocycles. The van der Waals surface area contributed by atoms with Gasteiger partial charge in [-0.1, -0.05) is 0 Å². The van der Waals surface area contributed by atoms with Crippen molar-refractivity contribution in [2.75, 3.05) is 7.05 Å². The van der Waals surface area contributed by atoms with Crippen molar-refractivity contribution >= 4 is 27.3 Å². The van der Waals surface area contributed by atoms with Gasteiger partial charge in [0.1, 0.15) is 4.88 Å². The molecule has 0 aromatic carbocycles. The van der Waals surface area contributed by atoms with E-state index in [1.807, 2.05) is 6.07 Å². The Balaban J connectivity index is 3.06. The minimum absolute atomic E-state index is 0.0325. The van der Waals surface area contributed by atoms with Crippen LogP contribution in [0.1, 0.15) is 23.0 Å². The van der Waals surface area contributed by atoms with Gasteiger partial charge in [0, 0.05) is 18.5 Å². The normalized spacial score (nSPS) is 13.2. The molecule has 1 heterocycles. The van der Waals surface area contributed by atoms with Crippen molar-refractivity contribution < 1.29 is 18.3 Å². The van der Waals surface area contributed by atoms with Crippen molar-refractivity contribution in [2.24, 2.45) is 0 Å². The van der Waals surface area contributed by atoms with E-state index < -0.39 is 22.0 Å². The molecule has 0 radical (unpaired) electrons. The van der Waals surface area contributed by atoms with E-state index >= 15 is 0 Å². The summed E-state index contributed by atoms with van der Waals surface area (Å²) in [6.07, 6.45) is 0.0751. The molecule has 1 N–H and O–H groups in total. The van der Waals surface area contributed by atoms with Crippen molar-refractivity contribution in [1.29, 1.82) is 5.26 Å². The molecule has 6 nitrogen and oxygen atoms in total. The highest BCUT2D eigenvalue weighted by Gasteiger charge is 2.27. The molecule has 0 spiro atoms. The number of sulfonamides is 1. The van der Waals surface area contributed by atoms with E-state index in [9.17, 15) is 13.2 Å². The van der Waals surface area contributed by atoms with Crippen molar-refractivity contribution in [3.05, 3.63) is 16.3 Å². The highest BCUT2D eigenvalue weighted by molar-refractivity contribution is 7.89. The Kier molecular flexibility index (Phi) is 4.45. The van der Waals surface area contributed by atoms with Crippen LogP contribution in [0.4, 0.5) is 0 Å². The van der Waals surface area contributed by atoms with Crippen molar-refractivity contribution in [1.82, 2.24) is 4.31 Å². The van der Waals surface area contributed by atoms with Gasteiger partial charge >= 0.3 is 5.97 Å². The van der Waals surface area contributed by atoms with Crippen LogP contribution in [-0.4, -0.2) is 36.9 Å². The summed E-state index contributed by atoms with van der Waals surface area (Å²) in [6.45, 7) is 1.62. The maximum absolute atomic E-state index is 12.1. The van der Waals surface area contributed by atoms with Crippen LogP contribution in [0.2, 0.25) is 0 Å². The van der Waals surface area contributed by atoms with Gasteiger partial charge < -0.3 is 5.11 Å². The molecule has 0 amide bonds. The van der Waals surface area contributed by atoms with Gasteiger partial charge in [-0.2, -0.15) is 9.57 Å². The van der Waals surface area contributed by atoms with Crippen molar-refractivity contribution in [3.8, 4) is 6.07 Å². The van der Waals surface area contributed by atoms with Gasteiger partial charge in [-0.15, -0.1) is 11.3 Å². The average Bonchev–Trinajstić information content (AvgIpc) is 2.78. The van der Waals surface area contributed by atoms with Crippen molar-refractivity contribution in [3.63, 3.8) is 0 Å². The van der Waals surface area contributed by atoms with Gasteiger partial charge in [-0.25, -0.2) is 13.2 Å². The number of carbonyl (C=O) groups is 1. The summed E-state index contributed by atoms with van der Waals surface area (Å²) in [7, 11) is -2.37. The number of nitrogens with zero attached hydrogens (tertiary/aromatic N) is 2. The number of aromatic carboxylic acids is 1. The summed E-state index contributed by atoms with van der Waals surface area (Å²) in [5.41, 5.74) is 0. The number of nitriles is 1. The topological polar surface area (TPSA) is 98.5 Å². The van der Waals surface area contributed by atoms with Crippen LogP contribution in [-0.2, 0) is 10.0 Å². The molecule has 0 saturated carbocycles. The quantitative estimate of drug-likeness (QED) is 0.882. The molecule has 1 atom stereocenters. The highest BCUT2D eigenvalue weighted by atomic mass is 32.2. The van der Waals surface area contributed by atoms with E-state index in [0.717, 1.165) is 21.7 Å². The molecule has 0 aliphatic carbocycles. The molecule has 1 unspecified atom stereocenters. The zero-order valence-electron chi connectivity index (χ0n) is 9.82. The summed E-state index contributed by atoms with van der Waals surface area (Å²) in [6, 6.07) is 2.56. The average molecular weight is 288 g/mol. The third-order valence-corrected chi connectivity index (χ3v) is 5.49. The molecule has 0 fully saturated rings. The third kappa shape index (κ3) is 2.87. The molecule has 0 bridgehead atoms. The summed E-state index contributed by atoms with van der Waals surface area (Å²) >= 11 is 0.857. The first-order valence-electron chi connectivity index (χ1n) is 4.97. The molecule has 1 aromatic rings. The van der Waals surface area contributed by atoms with E-state index in [4.69, 9.17) is 10.4 Å². The monoisotopic (exact) mass is 288 g/mol. The maximum Gasteiger partial charge on any atom is 0.345 e. The third-order valence-electron chi connectivity index (χ3n) is 2.47. The number of carboxylic acids is 1. The van der Waals surface area contributed by atoms with E-state index in [1.165, 1.54) is 12.4 Å². The molecular weight excluding hydrogens is 276 g/mol. The van der Waals surface area contributed by atoms with Gasteiger partial charge in [0.25, 0.3) is 0 Å². The van der Waals surface area contributed by atoms with Gasteiger partial charge in [0.2, 0.25) is 10.0 Å². The first-order valence-corrected chi connectivity index (χ1v) is 7.29. The maximum atomic E-state index is 12.1. The SMILES string of the molecule is CC(CC#N)N(C)S(=O)(=O)c1csc(C(=O)O)c1. The molecule has 0 saturated heterocycles.